The molecule has 26 heavy (non-hydrogen) atoms. The molecule has 2 heterocycles. The minimum absolute atomic E-state index is 0.0445. The number of hydrogen-bond donors (Lipinski definition) is 2. The first-order valence-electron chi connectivity index (χ1n) is 9.28. The Balaban J connectivity index is 1.75. The number of aryl methyl sites for hydroxylation is 1. The van der Waals surface area contributed by atoms with Crippen LogP contribution in [0.3, 0.4) is 0 Å². The molecule has 3 rings (SSSR count). The van der Waals surface area contributed by atoms with E-state index in [1.165, 1.54) is 0 Å². The van der Waals surface area contributed by atoms with Crippen LogP contribution in [-0.2, 0) is 16.1 Å². The van der Waals surface area contributed by atoms with Crippen LogP contribution >= 0.6 is 0 Å². The third kappa shape index (κ3) is 3.90. The van der Waals surface area contributed by atoms with Crippen LogP contribution in [0.15, 0.2) is 30.3 Å². The second-order valence-electron chi connectivity index (χ2n) is 6.84. The molecule has 0 spiro atoms. The van der Waals surface area contributed by atoms with E-state index in [-0.39, 0.29) is 18.4 Å². The summed E-state index contributed by atoms with van der Waals surface area (Å²) in [6.45, 7) is 4.15. The van der Waals surface area contributed by atoms with Gasteiger partial charge in [-0.25, -0.2) is 0 Å². The van der Waals surface area contributed by atoms with Crippen molar-refractivity contribution in [3.63, 3.8) is 0 Å². The number of carbonyl (C=O) groups is 2. The molecule has 1 saturated heterocycles. The van der Waals surface area contributed by atoms with Gasteiger partial charge in [0.15, 0.2) is 0 Å². The van der Waals surface area contributed by atoms with Gasteiger partial charge in [-0.1, -0.05) is 25.1 Å². The summed E-state index contributed by atoms with van der Waals surface area (Å²) in [4.78, 5) is 24.4. The maximum atomic E-state index is 12.8. The molecule has 1 aliphatic heterocycles. The van der Waals surface area contributed by atoms with Crippen LogP contribution in [0, 0.1) is 11.8 Å². The number of carbonyl (C=O) groups excluding carboxylic acids is 1. The summed E-state index contributed by atoms with van der Waals surface area (Å²) >= 11 is 0. The first-order valence-corrected chi connectivity index (χ1v) is 9.28. The highest BCUT2D eigenvalue weighted by atomic mass is 16.5. The van der Waals surface area contributed by atoms with Gasteiger partial charge in [-0.15, -0.1) is 0 Å². The average molecular weight is 358 g/mol. The van der Waals surface area contributed by atoms with Crippen LogP contribution in [-0.4, -0.2) is 41.3 Å². The van der Waals surface area contributed by atoms with Crippen molar-refractivity contribution in [3.05, 3.63) is 36.0 Å². The zero-order valence-electron chi connectivity index (χ0n) is 15.1. The summed E-state index contributed by atoms with van der Waals surface area (Å²) in [6.07, 6.45) is 2.37. The van der Waals surface area contributed by atoms with Crippen LogP contribution < -0.4 is 5.32 Å². The van der Waals surface area contributed by atoms with E-state index in [9.17, 15) is 14.7 Å². The van der Waals surface area contributed by atoms with Crippen LogP contribution in [0.5, 0.6) is 0 Å². The monoisotopic (exact) mass is 358 g/mol. The maximum absolute atomic E-state index is 12.8. The zero-order chi connectivity index (χ0) is 18.5. The Kier molecular flexibility index (Phi) is 5.93. The minimum Gasteiger partial charge on any atom is -0.481 e. The van der Waals surface area contributed by atoms with E-state index in [0.29, 0.717) is 18.9 Å². The van der Waals surface area contributed by atoms with Crippen LogP contribution in [0.25, 0.3) is 10.9 Å². The molecular formula is C20H26N2O4. The summed E-state index contributed by atoms with van der Waals surface area (Å²) in [6, 6.07) is 9.78. The Morgan fingerprint density at radius 2 is 2.04 bits per heavy atom. The number of aromatic nitrogens is 1. The fourth-order valence-electron chi connectivity index (χ4n) is 3.73. The van der Waals surface area contributed by atoms with Crippen molar-refractivity contribution in [3.8, 4) is 0 Å². The molecule has 1 unspecified atom stereocenters. The quantitative estimate of drug-likeness (QED) is 0.797. The number of rotatable bonds is 7. The second kappa shape index (κ2) is 8.36. The molecule has 6 heteroatoms. The van der Waals surface area contributed by atoms with Gasteiger partial charge in [-0.3, -0.25) is 9.59 Å². The molecule has 6 nitrogen and oxygen atoms in total. The van der Waals surface area contributed by atoms with Crippen LogP contribution in [0.2, 0.25) is 0 Å². The van der Waals surface area contributed by atoms with Crippen molar-refractivity contribution in [2.75, 3.05) is 19.8 Å². The lowest BCUT2D eigenvalue weighted by molar-refractivity contribution is -0.144. The van der Waals surface area contributed by atoms with E-state index in [1.54, 1.807) is 0 Å². The minimum atomic E-state index is -0.855. The SMILES string of the molecule is CCCn1c(C(=O)NCC(C(=O)O)C2CCOCC2)cc2ccccc21. The number of para-hydroxylation sites is 1. The molecule has 0 aliphatic carbocycles. The highest BCUT2D eigenvalue weighted by Gasteiger charge is 2.30. The van der Waals surface area contributed by atoms with E-state index < -0.39 is 11.9 Å². The molecule has 1 aromatic carbocycles. The van der Waals surface area contributed by atoms with Crippen molar-refractivity contribution < 1.29 is 19.4 Å². The van der Waals surface area contributed by atoms with Gasteiger partial charge in [0, 0.05) is 37.2 Å². The van der Waals surface area contributed by atoms with Gasteiger partial charge in [0.25, 0.3) is 5.91 Å². The highest BCUT2D eigenvalue weighted by Crippen LogP contribution is 2.24. The Labute approximate surface area is 153 Å². The Hall–Kier alpha value is -2.34. The molecule has 0 saturated carbocycles. The molecule has 2 aromatic rings. The fourth-order valence-corrected chi connectivity index (χ4v) is 3.73. The number of benzene rings is 1. The molecule has 0 radical (unpaired) electrons. The fraction of sp³-hybridized carbons (Fsp3) is 0.500. The summed E-state index contributed by atoms with van der Waals surface area (Å²) in [7, 11) is 0. The molecule has 1 aromatic heterocycles. The van der Waals surface area contributed by atoms with E-state index in [4.69, 9.17) is 4.74 Å². The molecule has 1 fully saturated rings. The number of ether oxygens (including phenoxy) is 1. The van der Waals surface area contributed by atoms with Gasteiger partial charge in [-0.2, -0.15) is 0 Å². The standard InChI is InChI=1S/C20H26N2O4/c1-2-9-22-17-6-4-3-5-15(17)12-18(22)19(23)21-13-16(20(24)25)14-7-10-26-11-8-14/h3-6,12,14,16H,2,7-11,13H2,1H3,(H,21,23)(H,24,25). The third-order valence-electron chi connectivity index (χ3n) is 5.13. The van der Waals surface area contributed by atoms with Crippen molar-refractivity contribution in [2.45, 2.75) is 32.7 Å². The van der Waals surface area contributed by atoms with Gasteiger partial charge < -0.3 is 19.7 Å². The second-order valence-corrected chi connectivity index (χ2v) is 6.84. The smallest absolute Gasteiger partial charge is 0.308 e. The molecule has 2 N–H and O–H groups in total. The summed E-state index contributed by atoms with van der Waals surface area (Å²) in [5.41, 5.74) is 1.61. The average Bonchev–Trinajstić information content (AvgIpc) is 3.02. The van der Waals surface area contributed by atoms with Crippen LogP contribution in [0.1, 0.15) is 36.7 Å². The number of nitrogens with one attached hydrogen (secondary N) is 1. The molecule has 1 atom stereocenters. The predicted octanol–water partition coefficient (Wildman–Crippen LogP) is 2.91. The normalized spacial score (nSPS) is 16.5. The lowest BCUT2D eigenvalue weighted by Crippen LogP contribution is -2.39. The van der Waals surface area contributed by atoms with Crippen molar-refractivity contribution in [2.24, 2.45) is 11.8 Å². The number of aliphatic carboxylic acids is 1. The van der Waals surface area contributed by atoms with Gasteiger partial charge in [-0.05, 0) is 37.3 Å². The van der Waals surface area contributed by atoms with E-state index in [2.05, 4.69) is 12.2 Å². The molecule has 1 amide bonds. The number of amides is 1. The molecule has 140 valence electrons. The highest BCUT2D eigenvalue weighted by molar-refractivity contribution is 5.98. The Bertz CT molecular complexity index is 777. The Morgan fingerprint density at radius 3 is 2.73 bits per heavy atom. The maximum Gasteiger partial charge on any atom is 0.308 e. The van der Waals surface area contributed by atoms with Crippen molar-refractivity contribution in [1.82, 2.24) is 9.88 Å². The third-order valence-corrected chi connectivity index (χ3v) is 5.13. The predicted molar refractivity (Wildman–Crippen MR) is 99.2 cm³/mol. The van der Waals surface area contributed by atoms with Gasteiger partial charge >= 0.3 is 5.97 Å². The topological polar surface area (TPSA) is 80.6 Å². The van der Waals surface area contributed by atoms with E-state index in [0.717, 1.165) is 36.7 Å². The number of nitrogens with zero attached hydrogens (tertiary/aromatic N) is 1. The Morgan fingerprint density at radius 1 is 1.31 bits per heavy atom. The number of carboxylic acids is 1. The largest absolute Gasteiger partial charge is 0.481 e. The first kappa shape index (κ1) is 18.5. The van der Waals surface area contributed by atoms with Gasteiger partial charge in [0.1, 0.15) is 5.69 Å². The summed E-state index contributed by atoms with van der Waals surface area (Å²) < 4.78 is 7.33. The lowest BCUT2D eigenvalue weighted by atomic mass is 9.86. The van der Waals surface area contributed by atoms with Crippen molar-refractivity contribution in [1.29, 1.82) is 0 Å². The molecule has 1 aliphatic rings. The van der Waals surface area contributed by atoms with E-state index >= 15 is 0 Å². The number of fused-ring (bicyclic) bond motifs is 1. The van der Waals surface area contributed by atoms with Crippen LogP contribution in [0.4, 0.5) is 0 Å². The zero-order valence-corrected chi connectivity index (χ0v) is 15.1. The molecular weight excluding hydrogens is 332 g/mol. The van der Waals surface area contributed by atoms with Crippen molar-refractivity contribution >= 4 is 22.8 Å². The van der Waals surface area contributed by atoms with Gasteiger partial charge in [0.2, 0.25) is 0 Å². The first-order chi connectivity index (χ1) is 12.6. The lowest BCUT2D eigenvalue weighted by Gasteiger charge is -2.27. The van der Waals surface area contributed by atoms with E-state index in [1.807, 2.05) is 34.9 Å². The summed E-state index contributed by atoms with van der Waals surface area (Å²) in [5, 5.41) is 13.4. The molecule has 0 bridgehead atoms. The van der Waals surface area contributed by atoms with Gasteiger partial charge in [0.05, 0.1) is 5.92 Å². The summed E-state index contributed by atoms with van der Waals surface area (Å²) in [5.74, 6) is -1.60. The number of hydrogen-bond acceptors (Lipinski definition) is 3. The number of carboxylic acid groups (broad SMARTS) is 1.